The van der Waals surface area contributed by atoms with E-state index < -0.39 is 5.41 Å². The van der Waals surface area contributed by atoms with E-state index in [9.17, 15) is 4.79 Å². The minimum atomic E-state index is -0.500. The van der Waals surface area contributed by atoms with Crippen molar-refractivity contribution in [2.24, 2.45) is 5.73 Å². The van der Waals surface area contributed by atoms with E-state index in [1.54, 1.807) is 11.3 Å². The molecule has 1 aliphatic heterocycles. The Labute approximate surface area is 130 Å². The highest BCUT2D eigenvalue weighted by molar-refractivity contribution is 9.11. The number of rotatable bonds is 2. The summed E-state index contributed by atoms with van der Waals surface area (Å²) >= 11 is 5.08. The van der Waals surface area contributed by atoms with Crippen molar-refractivity contribution in [3.05, 3.63) is 50.1 Å². The Morgan fingerprint density at radius 1 is 1.30 bits per heavy atom. The first-order valence-electron chi connectivity index (χ1n) is 6.35. The van der Waals surface area contributed by atoms with Gasteiger partial charge in [-0.05, 0) is 64.0 Å². The average molecular weight is 351 g/mol. The lowest BCUT2D eigenvalue weighted by atomic mass is 9.84. The van der Waals surface area contributed by atoms with Gasteiger partial charge >= 0.3 is 0 Å². The molecule has 3 N–H and O–H groups in total. The van der Waals surface area contributed by atoms with E-state index in [2.05, 4.69) is 26.6 Å². The quantitative estimate of drug-likeness (QED) is 0.865. The van der Waals surface area contributed by atoms with Gasteiger partial charge in [-0.3, -0.25) is 4.79 Å². The summed E-state index contributed by atoms with van der Waals surface area (Å²) in [5, 5.41) is 4.96. The predicted molar refractivity (Wildman–Crippen MR) is 86.1 cm³/mol. The van der Waals surface area contributed by atoms with Crippen LogP contribution in [0.3, 0.4) is 0 Å². The number of thiophene rings is 1. The van der Waals surface area contributed by atoms with Crippen LogP contribution in [0.15, 0.2) is 33.4 Å². The molecule has 3 nitrogen and oxygen atoms in total. The van der Waals surface area contributed by atoms with Crippen LogP contribution in [0, 0.1) is 0 Å². The molecular weight excluding hydrogens is 336 g/mol. The number of carbonyl (C=O) groups is 1. The van der Waals surface area contributed by atoms with Crippen molar-refractivity contribution in [2.45, 2.75) is 25.3 Å². The minimum absolute atomic E-state index is 0.0384. The van der Waals surface area contributed by atoms with Gasteiger partial charge in [-0.2, -0.15) is 0 Å². The molecule has 5 heteroatoms. The number of hydrogen-bond donors (Lipinski definition) is 2. The second kappa shape index (κ2) is 4.69. The highest BCUT2D eigenvalue weighted by Crippen LogP contribution is 2.39. The summed E-state index contributed by atoms with van der Waals surface area (Å²) in [6.45, 7) is 3.87. The molecule has 1 aromatic heterocycles. The molecule has 0 spiro atoms. The standard InChI is InChI=1S/C15H15BrN2OS/c1-15(2)10-5-8(3-4-11(10)18-14(15)19)13(17)9-6-12(16)20-7-9/h3-7,13H,17H2,1-2H3,(H,18,19). The molecule has 0 saturated carbocycles. The predicted octanol–water partition coefficient (Wildman–Crippen LogP) is 3.79. The average Bonchev–Trinajstić information content (AvgIpc) is 2.92. The van der Waals surface area contributed by atoms with Crippen molar-refractivity contribution < 1.29 is 4.79 Å². The Hall–Kier alpha value is -1.17. The lowest BCUT2D eigenvalue weighted by molar-refractivity contribution is -0.119. The zero-order chi connectivity index (χ0) is 14.5. The fraction of sp³-hybridized carbons (Fsp3) is 0.267. The maximum Gasteiger partial charge on any atom is 0.234 e. The number of hydrogen-bond acceptors (Lipinski definition) is 3. The Morgan fingerprint density at radius 3 is 2.70 bits per heavy atom. The van der Waals surface area contributed by atoms with E-state index in [0.717, 1.165) is 26.2 Å². The molecule has 0 aliphatic carbocycles. The first-order valence-corrected chi connectivity index (χ1v) is 8.02. The van der Waals surface area contributed by atoms with Crippen LogP contribution in [0.2, 0.25) is 0 Å². The summed E-state index contributed by atoms with van der Waals surface area (Å²) in [5.41, 5.74) is 9.84. The van der Waals surface area contributed by atoms with Crippen LogP contribution in [-0.2, 0) is 10.2 Å². The van der Waals surface area contributed by atoms with Crippen LogP contribution in [0.4, 0.5) is 5.69 Å². The van der Waals surface area contributed by atoms with E-state index in [-0.39, 0.29) is 11.9 Å². The smallest absolute Gasteiger partial charge is 0.234 e. The van der Waals surface area contributed by atoms with Crippen LogP contribution in [-0.4, -0.2) is 5.91 Å². The number of anilines is 1. The third kappa shape index (κ3) is 2.10. The van der Waals surface area contributed by atoms with Gasteiger partial charge < -0.3 is 11.1 Å². The second-order valence-corrected chi connectivity index (χ2v) is 7.84. The fourth-order valence-electron chi connectivity index (χ4n) is 2.46. The Morgan fingerprint density at radius 2 is 2.05 bits per heavy atom. The number of nitrogens with one attached hydrogen (secondary N) is 1. The van der Waals surface area contributed by atoms with E-state index in [4.69, 9.17) is 5.73 Å². The molecule has 0 bridgehead atoms. The summed E-state index contributed by atoms with van der Waals surface area (Å²) in [7, 11) is 0. The zero-order valence-electron chi connectivity index (χ0n) is 11.2. The summed E-state index contributed by atoms with van der Waals surface area (Å²) < 4.78 is 1.07. The van der Waals surface area contributed by atoms with Crippen LogP contribution in [0.5, 0.6) is 0 Å². The van der Waals surface area contributed by atoms with Gasteiger partial charge in [0.25, 0.3) is 0 Å². The topological polar surface area (TPSA) is 55.1 Å². The number of nitrogens with two attached hydrogens (primary N) is 1. The van der Waals surface area contributed by atoms with Gasteiger partial charge in [0.05, 0.1) is 15.2 Å². The Kier molecular flexibility index (Phi) is 3.23. The molecule has 1 atom stereocenters. The van der Waals surface area contributed by atoms with Crippen LogP contribution < -0.4 is 11.1 Å². The van der Waals surface area contributed by atoms with Crippen LogP contribution in [0.25, 0.3) is 0 Å². The maximum absolute atomic E-state index is 12.0. The van der Waals surface area contributed by atoms with Gasteiger partial charge in [0.15, 0.2) is 0 Å². The summed E-state index contributed by atoms with van der Waals surface area (Å²) in [6, 6.07) is 7.84. The molecule has 3 rings (SSSR count). The van der Waals surface area contributed by atoms with Gasteiger partial charge in [-0.1, -0.05) is 12.1 Å². The van der Waals surface area contributed by atoms with E-state index in [1.165, 1.54) is 0 Å². The van der Waals surface area contributed by atoms with Crippen molar-refractivity contribution in [1.82, 2.24) is 0 Å². The molecule has 0 fully saturated rings. The normalized spacial score (nSPS) is 17.7. The lowest BCUT2D eigenvalue weighted by Crippen LogP contribution is -2.27. The van der Waals surface area contributed by atoms with Gasteiger partial charge in [0.2, 0.25) is 5.91 Å². The molecule has 1 aliphatic rings. The largest absolute Gasteiger partial charge is 0.325 e. The highest BCUT2D eigenvalue weighted by Gasteiger charge is 2.38. The Bertz CT molecular complexity index is 693. The van der Waals surface area contributed by atoms with Crippen LogP contribution in [0.1, 0.15) is 36.6 Å². The van der Waals surface area contributed by atoms with E-state index >= 15 is 0 Å². The number of fused-ring (bicyclic) bond motifs is 1. The number of carbonyl (C=O) groups excluding carboxylic acids is 1. The molecule has 0 radical (unpaired) electrons. The van der Waals surface area contributed by atoms with E-state index in [0.29, 0.717) is 0 Å². The van der Waals surface area contributed by atoms with Gasteiger partial charge in [0, 0.05) is 5.69 Å². The number of halogens is 1. The monoisotopic (exact) mass is 350 g/mol. The van der Waals surface area contributed by atoms with Gasteiger partial charge in [-0.25, -0.2) is 0 Å². The third-order valence-corrected chi connectivity index (χ3v) is 5.36. The minimum Gasteiger partial charge on any atom is -0.325 e. The van der Waals surface area contributed by atoms with Crippen molar-refractivity contribution in [1.29, 1.82) is 0 Å². The molecule has 1 aromatic carbocycles. The fourth-order valence-corrected chi connectivity index (χ4v) is 3.67. The SMILES string of the molecule is CC1(C)C(=O)Nc2ccc(C(N)c3csc(Br)c3)cc21. The maximum atomic E-state index is 12.0. The van der Waals surface area contributed by atoms with E-state index in [1.807, 2.05) is 38.1 Å². The molecule has 104 valence electrons. The zero-order valence-corrected chi connectivity index (χ0v) is 13.6. The first-order chi connectivity index (χ1) is 9.39. The summed E-state index contributed by atoms with van der Waals surface area (Å²) in [5.74, 6) is 0.0384. The van der Waals surface area contributed by atoms with Gasteiger partial charge in [-0.15, -0.1) is 11.3 Å². The molecule has 2 heterocycles. The summed E-state index contributed by atoms with van der Waals surface area (Å²) in [4.78, 5) is 12.0. The highest BCUT2D eigenvalue weighted by atomic mass is 79.9. The van der Waals surface area contributed by atoms with Gasteiger partial charge in [0.1, 0.15) is 0 Å². The van der Waals surface area contributed by atoms with Crippen molar-refractivity contribution in [3.8, 4) is 0 Å². The number of benzene rings is 1. The Balaban J connectivity index is 2.02. The third-order valence-electron chi connectivity index (χ3n) is 3.84. The van der Waals surface area contributed by atoms with Crippen molar-refractivity contribution >= 4 is 38.9 Å². The first kappa shape index (κ1) is 13.8. The van der Waals surface area contributed by atoms with Crippen molar-refractivity contribution in [3.63, 3.8) is 0 Å². The van der Waals surface area contributed by atoms with Crippen LogP contribution >= 0.6 is 27.3 Å². The lowest BCUT2D eigenvalue weighted by Gasteiger charge is -2.17. The molecule has 1 unspecified atom stereocenters. The molecule has 0 saturated heterocycles. The molecule has 1 amide bonds. The second-order valence-electron chi connectivity index (χ2n) is 5.55. The molecule has 20 heavy (non-hydrogen) atoms. The molecular formula is C15H15BrN2OS. The van der Waals surface area contributed by atoms with Crippen molar-refractivity contribution in [2.75, 3.05) is 5.32 Å². The summed E-state index contributed by atoms with van der Waals surface area (Å²) in [6.07, 6.45) is 0. The molecule has 2 aromatic rings. The number of amides is 1.